The van der Waals surface area contributed by atoms with Crippen LogP contribution < -0.4 is 4.72 Å². The van der Waals surface area contributed by atoms with E-state index in [9.17, 15) is 13.2 Å². The lowest BCUT2D eigenvalue weighted by Gasteiger charge is -2.17. The minimum Gasteiger partial charge on any atom is -0.481 e. The maximum atomic E-state index is 12.0. The van der Waals surface area contributed by atoms with Crippen LogP contribution in [0.25, 0.3) is 0 Å². The molecule has 0 atom stereocenters. The molecule has 0 saturated heterocycles. The van der Waals surface area contributed by atoms with Crippen LogP contribution in [0.5, 0.6) is 0 Å². The van der Waals surface area contributed by atoms with E-state index in [4.69, 9.17) is 9.84 Å². The van der Waals surface area contributed by atoms with E-state index in [1.807, 2.05) is 6.07 Å². The molecule has 0 unspecified atom stereocenters. The fraction of sp³-hybridized carbons (Fsp3) is 0.417. The van der Waals surface area contributed by atoms with E-state index >= 15 is 0 Å². The summed E-state index contributed by atoms with van der Waals surface area (Å²) in [5.74, 6) is -1.05. The van der Waals surface area contributed by atoms with Gasteiger partial charge >= 0.3 is 16.2 Å². The zero-order chi connectivity index (χ0) is 15.2. The van der Waals surface area contributed by atoms with Crippen molar-refractivity contribution in [1.82, 2.24) is 4.31 Å². The summed E-state index contributed by atoms with van der Waals surface area (Å²) in [5.41, 5.74) is 1.24. The standard InChI is InChI=1S/C12H18N2O5S/c1-14(7-6-12(15)16)20(17,18)13-11-5-3-4-10(8-11)9-19-2/h3-5,8,13H,6-7,9H2,1-2H3,(H,15,16). The number of carboxylic acids is 1. The third kappa shape index (κ3) is 5.16. The second-order valence-corrected chi connectivity index (χ2v) is 5.98. The average molecular weight is 302 g/mol. The highest BCUT2D eigenvalue weighted by Crippen LogP contribution is 2.14. The number of methoxy groups -OCH3 is 1. The molecule has 20 heavy (non-hydrogen) atoms. The van der Waals surface area contributed by atoms with Gasteiger partial charge in [-0.25, -0.2) is 0 Å². The van der Waals surface area contributed by atoms with Crippen LogP contribution >= 0.6 is 0 Å². The number of nitrogens with one attached hydrogen (secondary N) is 1. The maximum absolute atomic E-state index is 12.0. The molecule has 0 fully saturated rings. The van der Waals surface area contributed by atoms with E-state index in [2.05, 4.69) is 4.72 Å². The number of hydrogen-bond donors (Lipinski definition) is 2. The van der Waals surface area contributed by atoms with Gasteiger partial charge in [0.2, 0.25) is 0 Å². The highest BCUT2D eigenvalue weighted by Gasteiger charge is 2.18. The first kappa shape index (κ1) is 16.4. The molecule has 2 N–H and O–H groups in total. The molecule has 0 aliphatic rings. The van der Waals surface area contributed by atoms with E-state index in [0.717, 1.165) is 9.87 Å². The number of carboxylic acid groups (broad SMARTS) is 1. The van der Waals surface area contributed by atoms with Crippen molar-refractivity contribution in [2.24, 2.45) is 0 Å². The van der Waals surface area contributed by atoms with Gasteiger partial charge in [-0.05, 0) is 17.7 Å². The van der Waals surface area contributed by atoms with Crippen LogP contribution in [0.1, 0.15) is 12.0 Å². The monoisotopic (exact) mass is 302 g/mol. The smallest absolute Gasteiger partial charge is 0.304 e. The number of aliphatic carboxylic acids is 1. The normalized spacial score (nSPS) is 11.6. The summed E-state index contributed by atoms with van der Waals surface area (Å²) in [6.45, 7) is 0.285. The van der Waals surface area contributed by atoms with Gasteiger partial charge in [-0.3, -0.25) is 9.52 Å². The van der Waals surface area contributed by atoms with Crippen LogP contribution in [0.2, 0.25) is 0 Å². The fourth-order valence-electron chi connectivity index (χ4n) is 1.49. The molecular weight excluding hydrogens is 284 g/mol. The number of carbonyl (C=O) groups is 1. The van der Waals surface area contributed by atoms with Gasteiger partial charge in [0.25, 0.3) is 0 Å². The van der Waals surface area contributed by atoms with Crippen molar-refractivity contribution in [3.8, 4) is 0 Å². The predicted octanol–water partition coefficient (Wildman–Crippen LogP) is 0.896. The molecule has 1 aromatic carbocycles. The van der Waals surface area contributed by atoms with Crippen LogP contribution in [0.4, 0.5) is 5.69 Å². The van der Waals surface area contributed by atoms with Gasteiger partial charge in [0.05, 0.1) is 18.7 Å². The minimum atomic E-state index is -3.76. The first-order valence-corrected chi connectivity index (χ1v) is 7.33. The second-order valence-electron chi connectivity index (χ2n) is 4.21. The van der Waals surface area contributed by atoms with Crippen LogP contribution in [-0.4, -0.2) is 44.5 Å². The Morgan fingerprint density at radius 2 is 2.15 bits per heavy atom. The average Bonchev–Trinajstić information content (AvgIpc) is 2.36. The van der Waals surface area contributed by atoms with Crippen molar-refractivity contribution in [2.45, 2.75) is 13.0 Å². The van der Waals surface area contributed by atoms with E-state index < -0.39 is 16.2 Å². The molecule has 0 radical (unpaired) electrons. The zero-order valence-electron chi connectivity index (χ0n) is 11.4. The second kappa shape index (κ2) is 7.22. The largest absolute Gasteiger partial charge is 0.481 e. The Morgan fingerprint density at radius 3 is 2.75 bits per heavy atom. The highest BCUT2D eigenvalue weighted by molar-refractivity contribution is 7.90. The first-order chi connectivity index (χ1) is 9.35. The molecule has 1 aromatic rings. The summed E-state index contributed by atoms with van der Waals surface area (Å²) >= 11 is 0. The predicted molar refractivity (Wildman–Crippen MR) is 74.6 cm³/mol. The summed E-state index contributed by atoms with van der Waals surface area (Å²) in [6, 6.07) is 6.80. The molecule has 112 valence electrons. The van der Waals surface area contributed by atoms with Gasteiger partial charge in [-0.2, -0.15) is 12.7 Å². The molecule has 8 heteroatoms. The summed E-state index contributed by atoms with van der Waals surface area (Å²) in [5, 5.41) is 8.56. The van der Waals surface area contributed by atoms with E-state index in [0.29, 0.717) is 12.3 Å². The molecule has 7 nitrogen and oxygen atoms in total. The van der Waals surface area contributed by atoms with Crippen LogP contribution in [0.15, 0.2) is 24.3 Å². The summed E-state index contributed by atoms with van der Waals surface area (Å²) in [4.78, 5) is 10.4. The molecule has 0 saturated carbocycles. The molecule has 0 amide bonds. The van der Waals surface area contributed by atoms with Gasteiger partial charge in [-0.1, -0.05) is 12.1 Å². The van der Waals surface area contributed by atoms with Crippen LogP contribution in [-0.2, 0) is 26.3 Å². The van der Waals surface area contributed by atoms with Crippen LogP contribution in [0, 0.1) is 0 Å². The summed E-state index contributed by atoms with van der Waals surface area (Å²) in [7, 11) is -0.886. The molecule has 0 aliphatic carbocycles. The Labute approximate surface area is 118 Å². The number of anilines is 1. The number of rotatable bonds is 8. The lowest BCUT2D eigenvalue weighted by Crippen LogP contribution is -2.34. The first-order valence-electron chi connectivity index (χ1n) is 5.89. The summed E-state index contributed by atoms with van der Waals surface area (Å²) in [6.07, 6.45) is -0.249. The van der Waals surface area contributed by atoms with E-state index in [1.54, 1.807) is 25.3 Å². The molecule has 0 aliphatic heterocycles. The highest BCUT2D eigenvalue weighted by atomic mass is 32.2. The number of hydrogen-bond acceptors (Lipinski definition) is 4. The van der Waals surface area contributed by atoms with Crippen molar-refractivity contribution in [3.63, 3.8) is 0 Å². The van der Waals surface area contributed by atoms with Gasteiger partial charge in [0, 0.05) is 20.7 Å². The van der Waals surface area contributed by atoms with Crippen molar-refractivity contribution in [1.29, 1.82) is 0 Å². The number of nitrogens with zero attached hydrogens (tertiary/aromatic N) is 1. The summed E-state index contributed by atoms with van der Waals surface area (Å²) < 4.78 is 32.3. The Morgan fingerprint density at radius 1 is 1.45 bits per heavy atom. The van der Waals surface area contributed by atoms with E-state index in [-0.39, 0.29) is 13.0 Å². The van der Waals surface area contributed by atoms with E-state index in [1.165, 1.54) is 7.05 Å². The third-order valence-corrected chi connectivity index (χ3v) is 4.03. The third-order valence-electron chi connectivity index (χ3n) is 2.54. The number of benzene rings is 1. The molecule has 0 aromatic heterocycles. The zero-order valence-corrected chi connectivity index (χ0v) is 12.2. The minimum absolute atomic E-state index is 0.0948. The van der Waals surface area contributed by atoms with Crippen LogP contribution in [0.3, 0.4) is 0 Å². The topological polar surface area (TPSA) is 95.9 Å². The van der Waals surface area contributed by atoms with Crippen molar-refractivity contribution >= 4 is 21.9 Å². The lowest BCUT2D eigenvalue weighted by atomic mass is 10.2. The number of ether oxygens (including phenoxy) is 1. The van der Waals surface area contributed by atoms with Crippen molar-refractivity contribution in [3.05, 3.63) is 29.8 Å². The Balaban J connectivity index is 2.74. The molecule has 0 spiro atoms. The molecule has 0 bridgehead atoms. The van der Waals surface area contributed by atoms with Gasteiger partial charge in [0.15, 0.2) is 0 Å². The quantitative estimate of drug-likeness (QED) is 0.743. The molecular formula is C12H18N2O5S. The Kier molecular flexibility index (Phi) is 5.93. The van der Waals surface area contributed by atoms with Gasteiger partial charge in [-0.15, -0.1) is 0 Å². The van der Waals surface area contributed by atoms with Gasteiger partial charge in [0.1, 0.15) is 0 Å². The van der Waals surface area contributed by atoms with Gasteiger partial charge < -0.3 is 9.84 Å². The van der Waals surface area contributed by atoms with Crippen molar-refractivity contribution in [2.75, 3.05) is 25.4 Å². The van der Waals surface area contributed by atoms with Crippen molar-refractivity contribution < 1.29 is 23.1 Å². The SMILES string of the molecule is COCc1cccc(NS(=O)(=O)N(C)CCC(=O)O)c1. The lowest BCUT2D eigenvalue weighted by molar-refractivity contribution is -0.137. The maximum Gasteiger partial charge on any atom is 0.304 e. The Bertz CT molecular complexity index is 559. The molecule has 1 rings (SSSR count). The fourth-order valence-corrected chi connectivity index (χ4v) is 2.40. The molecule has 0 heterocycles. The Hall–Kier alpha value is -1.64.